The van der Waals surface area contributed by atoms with Crippen molar-refractivity contribution in [3.8, 4) is 0 Å². The Kier molecular flexibility index (Phi) is 3.99. The fraction of sp³-hybridized carbons (Fsp3) is 0.385. The summed E-state index contributed by atoms with van der Waals surface area (Å²) in [5, 5.41) is 3.45. The topological polar surface area (TPSA) is 45.2 Å². The molecule has 1 aromatic carbocycles. The van der Waals surface area contributed by atoms with E-state index in [2.05, 4.69) is 10.3 Å². The van der Waals surface area contributed by atoms with E-state index in [1.54, 1.807) is 18.0 Å². The van der Waals surface area contributed by atoms with Crippen molar-refractivity contribution in [3.63, 3.8) is 0 Å². The van der Waals surface area contributed by atoms with Gasteiger partial charge in [-0.3, -0.25) is 4.79 Å². The normalized spacial score (nSPS) is 11.0. The summed E-state index contributed by atoms with van der Waals surface area (Å²) < 4.78 is 14.3. The summed E-state index contributed by atoms with van der Waals surface area (Å²) in [5.74, 6) is -0.405. The maximum absolute atomic E-state index is 13.5. The molecule has 2 rings (SSSR count). The van der Waals surface area contributed by atoms with Crippen molar-refractivity contribution in [3.05, 3.63) is 24.0 Å². The van der Waals surface area contributed by atoms with E-state index >= 15 is 0 Å². The minimum atomic E-state index is -0.333. The fourth-order valence-corrected chi connectivity index (χ4v) is 2.66. The molecule has 0 fully saturated rings. The van der Waals surface area contributed by atoms with Gasteiger partial charge in [-0.05, 0) is 26.0 Å². The van der Waals surface area contributed by atoms with Gasteiger partial charge in [-0.15, -0.1) is 0 Å². The van der Waals surface area contributed by atoms with E-state index in [4.69, 9.17) is 0 Å². The molecule has 0 spiro atoms. The van der Waals surface area contributed by atoms with Crippen molar-refractivity contribution in [1.29, 1.82) is 0 Å². The highest BCUT2D eigenvalue weighted by Crippen LogP contribution is 2.29. The number of carbonyl (C=O) groups is 1. The van der Waals surface area contributed by atoms with Gasteiger partial charge in [-0.25, -0.2) is 9.37 Å². The van der Waals surface area contributed by atoms with E-state index in [-0.39, 0.29) is 24.3 Å². The first kappa shape index (κ1) is 13.7. The number of aromatic nitrogens is 1. The summed E-state index contributed by atoms with van der Waals surface area (Å²) in [6, 6.07) is 4.97. The number of carbonyl (C=O) groups excluding carboxylic acids is 1. The fourth-order valence-electron chi connectivity index (χ4n) is 1.72. The number of hydrogen-bond donors (Lipinski definition) is 1. The van der Waals surface area contributed by atoms with Gasteiger partial charge in [0.15, 0.2) is 5.13 Å². The maximum atomic E-state index is 13.5. The molecule has 19 heavy (non-hydrogen) atoms. The van der Waals surface area contributed by atoms with Gasteiger partial charge < -0.3 is 10.2 Å². The van der Waals surface area contributed by atoms with Crippen molar-refractivity contribution in [1.82, 2.24) is 10.3 Å². The van der Waals surface area contributed by atoms with Gasteiger partial charge in [0.2, 0.25) is 5.91 Å². The number of likely N-dealkylation sites (N-methyl/N-ethyl adjacent to an activating group) is 1. The third kappa shape index (κ3) is 3.20. The molecule has 6 heteroatoms. The molecular weight excluding hydrogens is 265 g/mol. The molecule has 0 saturated carbocycles. The molecule has 1 amide bonds. The summed E-state index contributed by atoms with van der Waals surface area (Å²) >= 11 is 1.38. The van der Waals surface area contributed by atoms with Crippen LogP contribution in [0.4, 0.5) is 9.52 Å². The van der Waals surface area contributed by atoms with E-state index in [1.807, 2.05) is 19.9 Å². The van der Waals surface area contributed by atoms with Crippen LogP contribution < -0.4 is 10.2 Å². The molecule has 1 heterocycles. The highest BCUT2D eigenvalue weighted by molar-refractivity contribution is 7.22. The van der Waals surface area contributed by atoms with Crippen LogP contribution in [0.1, 0.15) is 13.8 Å². The average Bonchev–Trinajstić information content (AvgIpc) is 2.73. The number of hydrogen-bond acceptors (Lipinski definition) is 4. The summed E-state index contributed by atoms with van der Waals surface area (Å²) in [4.78, 5) is 17.6. The zero-order chi connectivity index (χ0) is 14.0. The molecule has 0 saturated heterocycles. The summed E-state index contributed by atoms with van der Waals surface area (Å²) in [6.07, 6.45) is 0. The lowest BCUT2D eigenvalue weighted by Gasteiger charge is -2.16. The van der Waals surface area contributed by atoms with E-state index in [9.17, 15) is 9.18 Å². The minimum absolute atomic E-state index is 0.0720. The van der Waals surface area contributed by atoms with Crippen LogP contribution in [0.2, 0.25) is 0 Å². The molecule has 0 atom stereocenters. The Labute approximate surface area is 115 Å². The number of amides is 1. The monoisotopic (exact) mass is 281 g/mol. The largest absolute Gasteiger partial charge is 0.352 e. The molecule has 0 bridgehead atoms. The Hall–Kier alpha value is -1.69. The van der Waals surface area contributed by atoms with Gasteiger partial charge in [0.1, 0.15) is 11.3 Å². The van der Waals surface area contributed by atoms with Crippen LogP contribution in [0.15, 0.2) is 18.2 Å². The SMILES string of the molecule is CC(C)NC(=O)CN(C)c1nc2c(F)cccc2s1. The Morgan fingerprint density at radius 2 is 2.26 bits per heavy atom. The van der Waals surface area contributed by atoms with Crippen LogP contribution in [-0.2, 0) is 4.79 Å². The molecule has 4 nitrogen and oxygen atoms in total. The molecule has 102 valence electrons. The Morgan fingerprint density at radius 3 is 2.89 bits per heavy atom. The number of halogens is 1. The number of benzene rings is 1. The zero-order valence-electron chi connectivity index (χ0n) is 11.1. The Morgan fingerprint density at radius 1 is 1.53 bits per heavy atom. The standard InChI is InChI=1S/C13H16FN3OS/c1-8(2)15-11(18)7-17(3)13-16-12-9(14)5-4-6-10(12)19-13/h4-6,8H,7H2,1-3H3,(H,15,18). The van der Waals surface area contributed by atoms with Gasteiger partial charge in [-0.1, -0.05) is 17.4 Å². The van der Waals surface area contributed by atoms with E-state index in [0.717, 1.165) is 4.70 Å². The maximum Gasteiger partial charge on any atom is 0.239 e. The second-order valence-corrected chi connectivity index (χ2v) is 5.67. The number of nitrogens with zero attached hydrogens (tertiary/aromatic N) is 2. The highest BCUT2D eigenvalue weighted by Gasteiger charge is 2.14. The Balaban J connectivity index is 2.15. The summed E-state index contributed by atoms with van der Waals surface area (Å²) in [6.45, 7) is 4.02. The summed E-state index contributed by atoms with van der Waals surface area (Å²) in [5.41, 5.74) is 0.360. The minimum Gasteiger partial charge on any atom is -0.352 e. The molecular formula is C13H16FN3OS. The average molecular weight is 281 g/mol. The van der Waals surface area contributed by atoms with E-state index in [0.29, 0.717) is 10.6 Å². The second-order valence-electron chi connectivity index (χ2n) is 4.66. The van der Waals surface area contributed by atoms with Crippen molar-refractivity contribution >= 4 is 32.6 Å². The van der Waals surface area contributed by atoms with Crippen molar-refractivity contribution < 1.29 is 9.18 Å². The lowest BCUT2D eigenvalue weighted by Crippen LogP contribution is -2.38. The Bertz CT molecular complexity index is 597. The van der Waals surface area contributed by atoms with Crippen molar-refractivity contribution in [2.75, 3.05) is 18.5 Å². The second kappa shape index (κ2) is 5.52. The van der Waals surface area contributed by atoms with E-state index < -0.39 is 0 Å². The van der Waals surface area contributed by atoms with Gasteiger partial charge in [0.05, 0.1) is 11.2 Å². The third-order valence-electron chi connectivity index (χ3n) is 2.52. The number of nitrogens with one attached hydrogen (secondary N) is 1. The number of rotatable bonds is 4. The van der Waals surface area contributed by atoms with Gasteiger partial charge in [-0.2, -0.15) is 0 Å². The van der Waals surface area contributed by atoms with Crippen LogP contribution in [-0.4, -0.2) is 30.5 Å². The first-order valence-corrected chi connectivity index (χ1v) is 6.84. The quantitative estimate of drug-likeness (QED) is 0.936. The van der Waals surface area contributed by atoms with Crippen LogP contribution in [0.5, 0.6) is 0 Å². The number of thiazole rings is 1. The molecule has 0 aliphatic rings. The number of fused-ring (bicyclic) bond motifs is 1. The van der Waals surface area contributed by atoms with Crippen molar-refractivity contribution in [2.45, 2.75) is 19.9 Å². The first-order valence-electron chi connectivity index (χ1n) is 6.03. The van der Waals surface area contributed by atoms with Crippen LogP contribution in [0, 0.1) is 5.82 Å². The van der Waals surface area contributed by atoms with Crippen LogP contribution in [0.3, 0.4) is 0 Å². The van der Waals surface area contributed by atoms with Crippen molar-refractivity contribution in [2.24, 2.45) is 0 Å². The van der Waals surface area contributed by atoms with Crippen LogP contribution >= 0.6 is 11.3 Å². The molecule has 2 aromatic rings. The van der Waals surface area contributed by atoms with Gasteiger partial charge >= 0.3 is 0 Å². The third-order valence-corrected chi connectivity index (χ3v) is 3.65. The number of para-hydroxylation sites is 1. The molecule has 1 aromatic heterocycles. The predicted octanol–water partition coefficient (Wildman–Crippen LogP) is 2.40. The lowest BCUT2D eigenvalue weighted by atomic mass is 10.3. The van der Waals surface area contributed by atoms with E-state index in [1.165, 1.54) is 17.4 Å². The lowest BCUT2D eigenvalue weighted by molar-refractivity contribution is -0.120. The van der Waals surface area contributed by atoms with Gasteiger partial charge in [0, 0.05) is 13.1 Å². The molecule has 0 radical (unpaired) electrons. The number of anilines is 1. The molecule has 0 unspecified atom stereocenters. The molecule has 1 N–H and O–H groups in total. The molecule has 0 aliphatic heterocycles. The van der Waals surface area contributed by atoms with Gasteiger partial charge in [0.25, 0.3) is 0 Å². The first-order chi connectivity index (χ1) is 8.97. The summed E-state index contributed by atoms with van der Waals surface area (Å²) in [7, 11) is 1.77. The van der Waals surface area contributed by atoms with Crippen LogP contribution in [0.25, 0.3) is 10.2 Å². The highest BCUT2D eigenvalue weighted by atomic mass is 32.1. The predicted molar refractivity (Wildman–Crippen MR) is 76.1 cm³/mol. The smallest absolute Gasteiger partial charge is 0.239 e. The molecule has 0 aliphatic carbocycles. The zero-order valence-corrected chi connectivity index (χ0v) is 11.9.